The lowest BCUT2D eigenvalue weighted by Crippen LogP contribution is -2.53. The average Bonchev–Trinajstić information content (AvgIpc) is 3.68. The fourth-order valence-electron chi connectivity index (χ4n) is 5.15. The van der Waals surface area contributed by atoms with Gasteiger partial charge in [-0.15, -0.1) is 0 Å². The zero-order valence-corrected chi connectivity index (χ0v) is 21.5. The van der Waals surface area contributed by atoms with E-state index >= 15 is 0 Å². The molecule has 2 fully saturated rings. The molecular weight excluding hydrogens is 468 g/mol. The highest BCUT2D eigenvalue weighted by Crippen LogP contribution is 2.29. The largest absolute Gasteiger partial charge is 0.377 e. The van der Waals surface area contributed by atoms with Crippen molar-refractivity contribution in [3.8, 4) is 17.2 Å². The first-order valence-corrected chi connectivity index (χ1v) is 12.4. The number of hydrogen-bond acceptors (Lipinski definition) is 8. The van der Waals surface area contributed by atoms with E-state index in [-0.39, 0.29) is 6.10 Å². The van der Waals surface area contributed by atoms with Crippen LogP contribution in [0.1, 0.15) is 18.1 Å². The van der Waals surface area contributed by atoms with Crippen LogP contribution in [0.5, 0.6) is 0 Å². The molecule has 10 nitrogen and oxygen atoms in total. The van der Waals surface area contributed by atoms with Crippen molar-refractivity contribution in [3.63, 3.8) is 0 Å². The van der Waals surface area contributed by atoms with Gasteiger partial charge in [0.2, 0.25) is 0 Å². The molecule has 192 valence electrons. The fourth-order valence-corrected chi connectivity index (χ4v) is 5.15. The summed E-state index contributed by atoms with van der Waals surface area (Å²) in [5.74, 6) is 0.832. The van der Waals surface area contributed by atoms with Crippen LogP contribution in [0.3, 0.4) is 0 Å². The van der Waals surface area contributed by atoms with Crippen LogP contribution in [0.2, 0.25) is 0 Å². The van der Waals surface area contributed by atoms with Gasteiger partial charge in [-0.05, 0) is 31.4 Å². The van der Waals surface area contributed by atoms with Crippen LogP contribution in [0.25, 0.3) is 22.2 Å². The molecule has 0 radical (unpaired) electrons. The Labute approximate surface area is 216 Å². The van der Waals surface area contributed by atoms with E-state index in [0.717, 1.165) is 59.8 Å². The van der Waals surface area contributed by atoms with Crippen molar-refractivity contribution < 1.29 is 9.47 Å². The Balaban J connectivity index is 1.40. The number of nitrogens with zero attached hydrogens (tertiary/aromatic N) is 8. The average molecular weight is 501 g/mol. The van der Waals surface area contributed by atoms with Crippen molar-refractivity contribution >= 4 is 17.8 Å². The van der Waals surface area contributed by atoms with Crippen LogP contribution >= 0.6 is 0 Å². The molecule has 10 heteroatoms. The molecule has 0 aliphatic carbocycles. The van der Waals surface area contributed by atoms with E-state index in [9.17, 15) is 5.26 Å². The summed E-state index contributed by atoms with van der Waals surface area (Å²) in [5.41, 5.74) is 5.21. The third kappa shape index (κ3) is 4.93. The van der Waals surface area contributed by atoms with E-state index in [1.54, 1.807) is 22.5 Å². The Morgan fingerprint density at radius 3 is 2.65 bits per heavy atom. The second-order valence-electron chi connectivity index (χ2n) is 9.44. The Morgan fingerprint density at radius 1 is 1.16 bits per heavy atom. The number of piperazine rings is 1. The molecule has 0 aromatic carbocycles. The molecule has 3 aromatic rings. The second kappa shape index (κ2) is 10.7. The van der Waals surface area contributed by atoms with Gasteiger partial charge in [-0.2, -0.15) is 15.5 Å². The topological polar surface area (TPSA) is 96.2 Å². The number of aliphatic imine (C=N–C) groups is 1. The van der Waals surface area contributed by atoms with Crippen molar-refractivity contribution in [2.24, 2.45) is 12.0 Å². The molecule has 2 atom stereocenters. The Kier molecular flexibility index (Phi) is 7.19. The first kappa shape index (κ1) is 24.9. The summed E-state index contributed by atoms with van der Waals surface area (Å²) >= 11 is 0. The second-order valence-corrected chi connectivity index (χ2v) is 9.44. The molecule has 2 aliphatic rings. The number of methoxy groups -OCH3 is 1. The Bertz CT molecular complexity index is 1390. The SMILES string of the molecule is C=N/C(=C\C=C(/C)c1cc(-c2cnn(C)c2)cn2ncc(C#N)c12)N1CCN(C2COC[C@H]2OC)CC1. The monoisotopic (exact) mass is 500 g/mol. The Morgan fingerprint density at radius 2 is 1.97 bits per heavy atom. The maximum absolute atomic E-state index is 9.68. The maximum atomic E-state index is 9.68. The van der Waals surface area contributed by atoms with Gasteiger partial charge in [-0.3, -0.25) is 9.58 Å². The minimum atomic E-state index is 0.130. The molecule has 2 aliphatic heterocycles. The molecular formula is C27H32N8O2. The summed E-state index contributed by atoms with van der Waals surface area (Å²) in [6.07, 6.45) is 11.5. The zero-order chi connectivity index (χ0) is 25.9. The highest BCUT2D eigenvalue weighted by atomic mass is 16.5. The smallest absolute Gasteiger partial charge is 0.127 e. The number of aromatic nitrogens is 4. The van der Waals surface area contributed by atoms with Gasteiger partial charge in [0.25, 0.3) is 0 Å². The highest BCUT2D eigenvalue weighted by Gasteiger charge is 2.35. The number of ether oxygens (including phenoxy) is 2. The molecule has 0 spiro atoms. The van der Waals surface area contributed by atoms with E-state index in [1.807, 2.05) is 44.7 Å². The number of rotatable bonds is 7. The predicted octanol–water partition coefficient (Wildman–Crippen LogP) is 2.58. The molecule has 0 amide bonds. The fraction of sp³-hybridized carbons (Fsp3) is 0.407. The summed E-state index contributed by atoms with van der Waals surface area (Å²) in [7, 11) is 3.64. The van der Waals surface area contributed by atoms with Crippen LogP contribution in [0, 0.1) is 11.3 Å². The number of fused-ring (bicyclic) bond motifs is 1. The van der Waals surface area contributed by atoms with Crippen molar-refractivity contribution in [1.29, 1.82) is 5.26 Å². The minimum absolute atomic E-state index is 0.130. The molecule has 2 saturated heterocycles. The van der Waals surface area contributed by atoms with Crippen molar-refractivity contribution in [1.82, 2.24) is 29.2 Å². The third-order valence-electron chi connectivity index (χ3n) is 7.25. The summed E-state index contributed by atoms with van der Waals surface area (Å²) in [5, 5.41) is 18.4. The third-order valence-corrected chi connectivity index (χ3v) is 7.25. The first-order chi connectivity index (χ1) is 18.0. The van der Waals surface area contributed by atoms with Gasteiger partial charge < -0.3 is 14.4 Å². The molecule has 37 heavy (non-hydrogen) atoms. The van der Waals surface area contributed by atoms with Crippen molar-refractivity contribution in [2.75, 3.05) is 46.5 Å². The van der Waals surface area contributed by atoms with Gasteiger partial charge in [0.05, 0.1) is 48.8 Å². The van der Waals surface area contributed by atoms with Crippen LogP contribution in [0.15, 0.2) is 53.8 Å². The lowest BCUT2D eigenvalue weighted by atomic mass is 10.0. The molecule has 0 bridgehead atoms. The number of aryl methyl sites for hydroxylation is 1. The van der Waals surface area contributed by atoms with Gasteiger partial charge in [0.15, 0.2) is 0 Å². The minimum Gasteiger partial charge on any atom is -0.377 e. The van der Waals surface area contributed by atoms with E-state index in [1.165, 1.54) is 0 Å². The van der Waals surface area contributed by atoms with Gasteiger partial charge in [0.1, 0.15) is 11.9 Å². The van der Waals surface area contributed by atoms with E-state index in [0.29, 0.717) is 24.8 Å². The summed E-state index contributed by atoms with van der Waals surface area (Å²) in [6, 6.07) is 4.66. The molecule has 5 rings (SSSR count). The van der Waals surface area contributed by atoms with Crippen molar-refractivity contribution in [3.05, 3.63) is 60.0 Å². The van der Waals surface area contributed by atoms with Gasteiger partial charge >= 0.3 is 0 Å². The van der Waals surface area contributed by atoms with E-state index in [2.05, 4.69) is 43.8 Å². The molecule has 1 unspecified atom stereocenters. The summed E-state index contributed by atoms with van der Waals surface area (Å²) in [4.78, 5) is 9.03. The first-order valence-electron chi connectivity index (χ1n) is 12.4. The quantitative estimate of drug-likeness (QED) is 0.363. The Hall–Kier alpha value is -3.78. The summed E-state index contributed by atoms with van der Waals surface area (Å²) < 4.78 is 14.8. The van der Waals surface area contributed by atoms with Crippen LogP contribution in [-0.4, -0.2) is 94.6 Å². The van der Waals surface area contributed by atoms with Crippen LogP contribution in [0.4, 0.5) is 0 Å². The molecule has 0 saturated carbocycles. The van der Waals surface area contributed by atoms with Gasteiger partial charge in [-0.1, -0.05) is 6.08 Å². The predicted molar refractivity (Wildman–Crippen MR) is 142 cm³/mol. The lowest BCUT2D eigenvalue weighted by molar-refractivity contribution is 0.0243. The highest BCUT2D eigenvalue weighted by molar-refractivity contribution is 5.84. The normalized spacial score (nSPS) is 21.5. The summed E-state index contributed by atoms with van der Waals surface area (Å²) in [6.45, 7) is 10.8. The van der Waals surface area contributed by atoms with Crippen LogP contribution in [-0.2, 0) is 16.5 Å². The molecule has 3 aromatic heterocycles. The van der Waals surface area contributed by atoms with Crippen LogP contribution < -0.4 is 0 Å². The zero-order valence-electron chi connectivity index (χ0n) is 21.5. The van der Waals surface area contributed by atoms with E-state index < -0.39 is 0 Å². The number of hydrogen-bond donors (Lipinski definition) is 0. The number of allylic oxidation sites excluding steroid dienone is 3. The van der Waals surface area contributed by atoms with Gasteiger partial charge in [-0.25, -0.2) is 9.51 Å². The standard InChI is InChI=1S/C27H32N8O2/c1-19(5-6-26(29-2)34-9-7-33(8-10-34)24-17-37-18-25(24)36-4)23-11-20(22-14-30-32(3)15-22)16-35-27(23)21(12-28)13-31-35/h5-6,11,13-16,24-25H,2,7-10,17-18H2,1,3-4H3/b19-5+,26-6+/t24?,25-/m1/s1. The van der Waals surface area contributed by atoms with Gasteiger partial charge in [0, 0.05) is 69.4 Å². The maximum Gasteiger partial charge on any atom is 0.127 e. The lowest BCUT2D eigenvalue weighted by Gasteiger charge is -2.39. The number of pyridine rings is 1. The molecule has 5 heterocycles. The van der Waals surface area contributed by atoms with Crippen molar-refractivity contribution in [2.45, 2.75) is 19.1 Å². The molecule has 0 N–H and O–H groups in total. The van der Waals surface area contributed by atoms with E-state index in [4.69, 9.17) is 9.47 Å². The number of nitriles is 1.